The number of nitrogens with zero attached hydrogens (tertiary/aromatic N) is 2. The van der Waals surface area contributed by atoms with Gasteiger partial charge in [-0.15, -0.1) is 0 Å². The zero-order valence-corrected chi connectivity index (χ0v) is 27.6. The minimum atomic E-state index is -4.24. The zero-order chi connectivity index (χ0) is 31.9. The van der Waals surface area contributed by atoms with Crippen molar-refractivity contribution >= 4 is 50.7 Å². The third kappa shape index (κ3) is 8.06. The van der Waals surface area contributed by atoms with E-state index in [1.54, 1.807) is 68.4 Å². The maximum atomic E-state index is 14.3. The van der Waals surface area contributed by atoms with E-state index in [0.717, 1.165) is 42.0 Å². The molecule has 11 heteroatoms. The summed E-state index contributed by atoms with van der Waals surface area (Å²) in [5, 5.41) is 3.76. The second-order valence-corrected chi connectivity index (χ2v) is 13.6. The molecule has 2 amide bonds. The lowest BCUT2D eigenvalue weighted by atomic mass is 9.95. The predicted octanol–water partition coefficient (Wildman–Crippen LogP) is 6.76. The Balaban J connectivity index is 1.75. The number of amides is 2. The van der Waals surface area contributed by atoms with Gasteiger partial charge in [0.05, 0.1) is 17.2 Å². The number of hydrogen-bond acceptors (Lipinski definition) is 5. The highest BCUT2D eigenvalue weighted by atomic mass is 35.5. The van der Waals surface area contributed by atoms with Gasteiger partial charge in [0.2, 0.25) is 11.8 Å². The van der Waals surface area contributed by atoms with Crippen LogP contribution in [-0.4, -0.2) is 50.4 Å². The van der Waals surface area contributed by atoms with Gasteiger partial charge in [0.15, 0.2) is 0 Å². The minimum Gasteiger partial charge on any atom is -0.492 e. The number of benzene rings is 3. The van der Waals surface area contributed by atoms with E-state index in [4.69, 9.17) is 27.9 Å². The van der Waals surface area contributed by atoms with Crippen molar-refractivity contribution in [2.75, 3.05) is 17.5 Å². The van der Waals surface area contributed by atoms with Crippen molar-refractivity contribution in [3.63, 3.8) is 0 Å². The Labute approximate surface area is 270 Å². The lowest BCUT2D eigenvalue weighted by Crippen LogP contribution is -2.53. The number of anilines is 1. The van der Waals surface area contributed by atoms with Crippen LogP contribution in [0.15, 0.2) is 71.6 Å². The molecule has 0 radical (unpaired) electrons. The summed E-state index contributed by atoms with van der Waals surface area (Å²) >= 11 is 13.0. The molecule has 1 atom stereocenters. The van der Waals surface area contributed by atoms with Gasteiger partial charge in [0, 0.05) is 28.2 Å². The highest BCUT2D eigenvalue weighted by Gasteiger charge is 2.35. The van der Waals surface area contributed by atoms with Gasteiger partial charge < -0.3 is 15.0 Å². The number of ether oxygens (including phenoxy) is 1. The van der Waals surface area contributed by atoms with E-state index in [0.29, 0.717) is 28.0 Å². The Morgan fingerprint density at radius 3 is 2.23 bits per heavy atom. The molecule has 1 aliphatic rings. The molecule has 1 fully saturated rings. The van der Waals surface area contributed by atoms with Crippen LogP contribution in [0.4, 0.5) is 5.69 Å². The number of para-hydroxylation sites is 2. The minimum absolute atomic E-state index is 0.0194. The topological polar surface area (TPSA) is 96.0 Å². The number of nitrogens with one attached hydrogen (secondary N) is 1. The maximum Gasteiger partial charge on any atom is 0.264 e. The summed E-state index contributed by atoms with van der Waals surface area (Å²) < 4.78 is 35.2. The number of sulfonamides is 1. The summed E-state index contributed by atoms with van der Waals surface area (Å²) in [4.78, 5) is 29.2. The summed E-state index contributed by atoms with van der Waals surface area (Å²) in [6.45, 7) is 4.89. The van der Waals surface area contributed by atoms with Gasteiger partial charge in [-0.05, 0) is 70.0 Å². The largest absolute Gasteiger partial charge is 0.492 e. The van der Waals surface area contributed by atoms with E-state index >= 15 is 0 Å². The van der Waals surface area contributed by atoms with E-state index in [9.17, 15) is 18.0 Å². The van der Waals surface area contributed by atoms with E-state index < -0.39 is 28.5 Å². The van der Waals surface area contributed by atoms with Crippen molar-refractivity contribution in [1.82, 2.24) is 10.2 Å². The number of aryl methyl sites for hydroxylation is 1. The third-order valence-corrected chi connectivity index (χ3v) is 10.3. The first-order chi connectivity index (χ1) is 21.0. The molecule has 3 aromatic carbocycles. The second kappa shape index (κ2) is 15.1. The van der Waals surface area contributed by atoms with Crippen LogP contribution in [0, 0.1) is 6.92 Å². The molecule has 1 unspecified atom stereocenters. The zero-order valence-electron chi connectivity index (χ0n) is 25.3. The van der Waals surface area contributed by atoms with Crippen LogP contribution in [0.1, 0.15) is 57.1 Å². The standard InChI is InChI=1S/C33H39Cl2N3O5S/c1-4-43-31-16-9-8-15-30(31)38(44(41,42)26-19-17-23(2)18-20-26)22-32(39)37(21-27-28(34)13-10-14-29(27)35)24(3)33(40)36-25-11-6-5-7-12-25/h8-10,13-20,24-25H,4-7,11-12,21-22H2,1-3H3,(H,36,40). The number of hydrogen-bond donors (Lipinski definition) is 1. The average Bonchev–Trinajstić information content (AvgIpc) is 3.00. The van der Waals surface area contributed by atoms with Crippen LogP contribution >= 0.6 is 23.2 Å². The van der Waals surface area contributed by atoms with E-state index in [2.05, 4.69) is 5.32 Å². The molecule has 8 nitrogen and oxygen atoms in total. The first kappa shape index (κ1) is 33.6. The molecule has 0 heterocycles. The average molecular weight is 661 g/mol. The second-order valence-electron chi connectivity index (χ2n) is 11.0. The van der Waals surface area contributed by atoms with Crippen LogP contribution in [0.2, 0.25) is 10.0 Å². The fourth-order valence-corrected chi connectivity index (χ4v) is 7.24. The number of carbonyl (C=O) groups is 2. The van der Waals surface area contributed by atoms with Gasteiger partial charge in [-0.3, -0.25) is 13.9 Å². The van der Waals surface area contributed by atoms with Gasteiger partial charge in [-0.2, -0.15) is 0 Å². The van der Waals surface area contributed by atoms with Crippen LogP contribution in [0.5, 0.6) is 5.75 Å². The molecule has 0 aliphatic heterocycles. The quantitative estimate of drug-likeness (QED) is 0.232. The first-order valence-electron chi connectivity index (χ1n) is 14.9. The molecule has 3 aromatic rings. The molecule has 1 aliphatic carbocycles. The molecule has 0 spiro atoms. The Bertz CT molecular complexity index is 1540. The summed E-state index contributed by atoms with van der Waals surface area (Å²) in [6, 6.07) is 17.2. The van der Waals surface area contributed by atoms with Gasteiger partial charge >= 0.3 is 0 Å². The number of halogens is 2. The van der Waals surface area contributed by atoms with Crippen molar-refractivity contribution in [2.24, 2.45) is 0 Å². The molecule has 1 N–H and O–H groups in total. The predicted molar refractivity (Wildman–Crippen MR) is 175 cm³/mol. The van der Waals surface area contributed by atoms with E-state index in [1.807, 2.05) is 6.92 Å². The van der Waals surface area contributed by atoms with Crippen molar-refractivity contribution in [3.05, 3.63) is 87.9 Å². The molecule has 44 heavy (non-hydrogen) atoms. The van der Waals surface area contributed by atoms with Gasteiger partial charge in [-0.25, -0.2) is 8.42 Å². The Morgan fingerprint density at radius 2 is 1.59 bits per heavy atom. The summed E-state index contributed by atoms with van der Waals surface area (Å²) in [6.07, 6.45) is 4.94. The normalized spacial score (nSPS) is 14.5. The molecule has 236 valence electrons. The molecular formula is C33H39Cl2N3O5S. The lowest BCUT2D eigenvalue weighted by molar-refractivity contribution is -0.139. The van der Waals surface area contributed by atoms with Gasteiger partial charge in [-0.1, -0.05) is 78.4 Å². The lowest BCUT2D eigenvalue weighted by Gasteiger charge is -2.34. The highest BCUT2D eigenvalue weighted by Crippen LogP contribution is 2.33. The number of carbonyl (C=O) groups excluding carboxylic acids is 2. The fourth-order valence-electron chi connectivity index (χ4n) is 5.30. The SMILES string of the molecule is CCOc1ccccc1N(CC(=O)N(Cc1c(Cl)cccc1Cl)C(C)C(=O)NC1CCCCC1)S(=O)(=O)c1ccc(C)cc1. The van der Waals surface area contributed by atoms with Crippen molar-refractivity contribution in [1.29, 1.82) is 0 Å². The van der Waals surface area contributed by atoms with Crippen molar-refractivity contribution < 1.29 is 22.7 Å². The number of rotatable bonds is 12. The Kier molecular flexibility index (Phi) is 11.6. The Hall–Kier alpha value is -3.27. The molecule has 0 saturated heterocycles. The van der Waals surface area contributed by atoms with Crippen LogP contribution in [0.3, 0.4) is 0 Å². The fraction of sp³-hybridized carbons (Fsp3) is 0.394. The monoisotopic (exact) mass is 659 g/mol. The maximum absolute atomic E-state index is 14.3. The molecule has 0 bridgehead atoms. The van der Waals surface area contributed by atoms with Crippen molar-refractivity contribution in [2.45, 2.75) is 76.4 Å². The molecule has 1 saturated carbocycles. The van der Waals surface area contributed by atoms with E-state index in [-0.39, 0.29) is 29.1 Å². The Morgan fingerprint density at radius 1 is 0.955 bits per heavy atom. The van der Waals surface area contributed by atoms with Gasteiger partial charge in [0.25, 0.3) is 10.0 Å². The van der Waals surface area contributed by atoms with Crippen LogP contribution in [-0.2, 0) is 26.2 Å². The van der Waals surface area contributed by atoms with Gasteiger partial charge in [0.1, 0.15) is 18.3 Å². The molecule has 0 aromatic heterocycles. The van der Waals surface area contributed by atoms with E-state index in [1.165, 1.54) is 17.0 Å². The summed E-state index contributed by atoms with van der Waals surface area (Å²) in [5.74, 6) is -0.618. The first-order valence-corrected chi connectivity index (χ1v) is 17.1. The van der Waals surface area contributed by atoms with Crippen molar-refractivity contribution in [3.8, 4) is 5.75 Å². The highest BCUT2D eigenvalue weighted by molar-refractivity contribution is 7.92. The summed E-state index contributed by atoms with van der Waals surface area (Å²) in [7, 11) is -4.24. The smallest absolute Gasteiger partial charge is 0.264 e. The third-order valence-electron chi connectivity index (χ3n) is 7.83. The molecular weight excluding hydrogens is 621 g/mol. The van der Waals surface area contributed by atoms with Crippen LogP contribution < -0.4 is 14.4 Å². The molecule has 4 rings (SSSR count). The van der Waals surface area contributed by atoms with Crippen LogP contribution in [0.25, 0.3) is 0 Å². The summed E-state index contributed by atoms with van der Waals surface area (Å²) in [5.41, 5.74) is 1.56.